The fourth-order valence-corrected chi connectivity index (χ4v) is 2.57. The summed E-state index contributed by atoms with van der Waals surface area (Å²) in [7, 11) is 1.86. The maximum absolute atomic E-state index is 12.4. The second-order valence-electron chi connectivity index (χ2n) is 5.22. The van der Waals surface area contributed by atoms with Gasteiger partial charge in [0, 0.05) is 32.9 Å². The van der Waals surface area contributed by atoms with E-state index in [0.29, 0.717) is 11.4 Å². The number of hydrogen-bond donors (Lipinski definition) is 1. The standard InChI is InChI=1S/C14H24N4O/c1-3-18-11-12(15)10-13(18)14(19)16(2)8-9-17-6-4-5-7-17/h10-11H,3-9,15H2,1-2H3. The number of aryl methyl sites for hydroxylation is 1. The SMILES string of the molecule is CCn1cc(N)cc1C(=O)N(C)CCN1CCCC1. The summed E-state index contributed by atoms with van der Waals surface area (Å²) < 4.78 is 1.91. The van der Waals surface area contributed by atoms with Crippen molar-refractivity contribution in [2.45, 2.75) is 26.3 Å². The van der Waals surface area contributed by atoms with Crippen LogP contribution in [0.3, 0.4) is 0 Å². The molecule has 106 valence electrons. The highest BCUT2D eigenvalue weighted by atomic mass is 16.2. The highest BCUT2D eigenvalue weighted by molar-refractivity contribution is 5.93. The van der Waals surface area contributed by atoms with E-state index < -0.39 is 0 Å². The van der Waals surface area contributed by atoms with Crippen LogP contribution in [0.25, 0.3) is 0 Å². The summed E-state index contributed by atoms with van der Waals surface area (Å²) in [5.41, 5.74) is 7.10. The van der Waals surface area contributed by atoms with Gasteiger partial charge in [-0.05, 0) is 38.9 Å². The Labute approximate surface area is 115 Å². The normalized spacial score (nSPS) is 15.9. The Balaban J connectivity index is 1.93. The number of amides is 1. The van der Waals surface area contributed by atoms with Gasteiger partial charge in [0.1, 0.15) is 5.69 Å². The zero-order chi connectivity index (χ0) is 13.8. The van der Waals surface area contributed by atoms with Crippen LogP contribution in [0.1, 0.15) is 30.3 Å². The van der Waals surface area contributed by atoms with Crippen LogP contribution in [0.2, 0.25) is 0 Å². The molecule has 2 N–H and O–H groups in total. The third-order valence-electron chi connectivity index (χ3n) is 3.77. The van der Waals surface area contributed by atoms with Crippen molar-refractivity contribution >= 4 is 11.6 Å². The lowest BCUT2D eigenvalue weighted by molar-refractivity contribution is 0.0772. The van der Waals surface area contributed by atoms with Gasteiger partial charge in [0.15, 0.2) is 0 Å². The number of nitrogens with zero attached hydrogens (tertiary/aromatic N) is 3. The highest BCUT2D eigenvalue weighted by Crippen LogP contribution is 2.13. The number of aromatic nitrogens is 1. The molecule has 0 bridgehead atoms. The van der Waals surface area contributed by atoms with Crippen molar-refractivity contribution < 1.29 is 4.79 Å². The van der Waals surface area contributed by atoms with Crippen molar-refractivity contribution in [2.24, 2.45) is 0 Å². The lowest BCUT2D eigenvalue weighted by Crippen LogP contribution is -2.36. The van der Waals surface area contributed by atoms with Crippen LogP contribution in [0.4, 0.5) is 5.69 Å². The van der Waals surface area contributed by atoms with Crippen molar-refractivity contribution in [3.05, 3.63) is 18.0 Å². The zero-order valence-electron chi connectivity index (χ0n) is 11.9. The molecule has 0 atom stereocenters. The quantitative estimate of drug-likeness (QED) is 0.871. The van der Waals surface area contributed by atoms with E-state index in [1.54, 1.807) is 11.0 Å². The number of hydrogen-bond acceptors (Lipinski definition) is 3. The first-order valence-corrected chi connectivity index (χ1v) is 7.05. The van der Waals surface area contributed by atoms with E-state index in [-0.39, 0.29) is 5.91 Å². The van der Waals surface area contributed by atoms with E-state index in [2.05, 4.69) is 4.90 Å². The summed E-state index contributed by atoms with van der Waals surface area (Å²) in [6, 6.07) is 1.76. The lowest BCUT2D eigenvalue weighted by atomic mass is 10.3. The van der Waals surface area contributed by atoms with Gasteiger partial charge in [-0.1, -0.05) is 0 Å². The first-order valence-electron chi connectivity index (χ1n) is 7.05. The second-order valence-corrected chi connectivity index (χ2v) is 5.22. The number of rotatable bonds is 5. The summed E-state index contributed by atoms with van der Waals surface area (Å²) in [5, 5.41) is 0. The Kier molecular flexibility index (Phi) is 4.47. The van der Waals surface area contributed by atoms with Crippen LogP contribution in [0.5, 0.6) is 0 Å². The van der Waals surface area contributed by atoms with Gasteiger partial charge in [-0.25, -0.2) is 0 Å². The van der Waals surface area contributed by atoms with E-state index >= 15 is 0 Å². The van der Waals surface area contributed by atoms with Gasteiger partial charge in [-0.3, -0.25) is 4.79 Å². The smallest absolute Gasteiger partial charge is 0.270 e. The Hall–Kier alpha value is -1.49. The minimum Gasteiger partial charge on any atom is -0.397 e. The molecule has 0 unspecified atom stereocenters. The summed E-state index contributed by atoms with van der Waals surface area (Å²) in [5.74, 6) is 0.0535. The molecule has 2 heterocycles. The minimum atomic E-state index is 0.0535. The van der Waals surface area contributed by atoms with Crippen LogP contribution >= 0.6 is 0 Å². The first-order chi connectivity index (χ1) is 9.11. The Morgan fingerprint density at radius 3 is 2.74 bits per heavy atom. The van der Waals surface area contributed by atoms with E-state index in [1.807, 2.05) is 24.7 Å². The zero-order valence-corrected chi connectivity index (χ0v) is 11.9. The van der Waals surface area contributed by atoms with Gasteiger partial charge < -0.3 is 20.1 Å². The number of nitrogen functional groups attached to an aromatic ring is 1. The Bertz CT molecular complexity index is 435. The van der Waals surface area contributed by atoms with Crippen LogP contribution in [-0.2, 0) is 6.54 Å². The molecule has 19 heavy (non-hydrogen) atoms. The molecule has 0 spiro atoms. The van der Waals surface area contributed by atoms with Crippen molar-refractivity contribution in [1.29, 1.82) is 0 Å². The summed E-state index contributed by atoms with van der Waals surface area (Å²) in [6.45, 7) is 6.84. The summed E-state index contributed by atoms with van der Waals surface area (Å²) >= 11 is 0. The van der Waals surface area contributed by atoms with Crippen LogP contribution in [-0.4, -0.2) is 53.5 Å². The van der Waals surface area contributed by atoms with E-state index in [0.717, 1.165) is 19.6 Å². The number of carbonyl (C=O) groups is 1. The van der Waals surface area contributed by atoms with Gasteiger partial charge in [0.25, 0.3) is 5.91 Å². The average molecular weight is 264 g/mol. The molecule has 0 radical (unpaired) electrons. The fourth-order valence-electron chi connectivity index (χ4n) is 2.57. The van der Waals surface area contributed by atoms with Crippen molar-refractivity contribution in [2.75, 3.05) is 39.0 Å². The molecule has 0 saturated carbocycles. The molecule has 0 aliphatic carbocycles. The van der Waals surface area contributed by atoms with Gasteiger partial charge in [-0.2, -0.15) is 0 Å². The van der Waals surface area contributed by atoms with Crippen LogP contribution < -0.4 is 5.73 Å². The van der Waals surface area contributed by atoms with Gasteiger partial charge in [0.2, 0.25) is 0 Å². The van der Waals surface area contributed by atoms with Gasteiger partial charge >= 0.3 is 0 Å². The first kappa shape index (κ1) is 13.9. The molecule has 5 nitrogen and oxygen atoms in total. The molecule has 1 aliphatic rings. The predicted octanol–water partition coefficient (Wildman–Crippen LogP) is 1.26. The second kappa shape index (κ2) is 6.10. The molecular formula is C14H24N4O. The van der Waals surface area contributed by atoms with Crippen LogP contribution in [0, 0.1) is 0 Å². The Morgan fingerprint density at radius 1 is 1.42 bits per heavy atom. The third kappa shape index (κ3) is 3.29. The van der Waals surface area contributed by atoms with Gasteiger partial charge in [0.05, 0.1) is 5.69 Å². The molecule has 1 saturated heterocycles. The molecule has 1 aromatic rings. The van der Waals surface area contributed by atoms with E-state index in [1.165, 1.54) is 25.9 Å². The number of likely N-dealkylation sites (N-methyl/N-ethyl adjacent to an activating group) is 1. The van der Waals surface area contributed by atoms with E-state index in [4.69, 9.17) is 5.73 Å². The summed E-state index contributed by atoms with van der Waals surface area (Å²) in [6.07, 6.45) is 4.39. The largest absolute Gasteiger partial charge is 0.397 e. The topological polar surface area (TPSA) is 54.5 Å². The predicted molar refractivity (Wildman–Crippen MR) is 77.2 cm³/mol. The molecule has 1 fully saturated rings. The number of likely N-dealkylation sites (tertiary alicyclic amines) is 1. The molecule has 1 aromatic heterocycles. The maximum Gasteiger partial charge on any atom is 0.270 e. The summed E-state index contributed by atoms with van der Waals surface area (Å²) in [4.78, 5) is 16.6. The molecule has 0 aromatic carbocycles. The number of nitrogens with two attached hydrogens (primary N) is 1. The van der Waals surface area contributed by atoms with E-state index in [9.17, 15) is 4.79 Å². The van der Waals surface area contributed by atoms with Crippen molar-refractivity contribution in [1.82, 2.24) is 14.4 Å². The number of anilines is 1. The monoisotopic (exact) mass is 264 g/mol. The maximum atomic E-state index is 12.4. The minimum absolute atomic E-state index is 0.0535. The molecular weight excluding hydrogens is 240 g/mol. The highest BCUT2D eigenvalue weighted by Gasteiger charge is 2.18. The van der Waals surface area contributed by atoms with Gasteiger partial charge in [-0.15, -0.1) is 0 Å². The van der Waals surface area contributed by atoms with Crippen LogP contribution in [0.15, 0.2) is 12.3 Å². The average Bonchev–Trinajstić information content (AvgIpc) is 3.03. The fraction of sp³-hybridized carbons (Fsp3) is 0.643. The van der Waals surface area contributed by atoms with Crippen molar-refractivity contribution in [3.8, 4) is 0 Å². The molecule has 1 amide bonds. The molecule has 5 heteroatoms. The molecule has 1 aliphatic heterocycles. The Morgan fingerprint density at radius 2 is 2.11 bits per heavy atom. The van der Waals surface area contributed by atoms with Crippen molar-refractivity contribution in [3.63, 3.8) is 0 Å². The lowest BCUT2D eigenvalue weighted by Gasteiger charge is -2.22. The third-order valence-corrected chi connectivity index (χ3v) is 3.77. The number of carbonyl (C=O) groups excluding carboxylic acids is 1. The molecule has 2 rings (SSSR count).